The summed E-state index contributed by atoms with van der Waals surface area (Å²) in [5.74, 6) is -0.688. The van der Waals surface area contributed by atoms with E-state index in [2.05, 4.69) is 29.2 Å². The first kappa shape index (κ1) is 29.6. The zero-order chi connectivity index (χ0) is 29.0. The third-order valence-corrected chi connectivity index (χ3v) is 7.44. The van der Waals surface area contributed by atoms with E-state index in [1.54, 1.807) is 11.0 Å². The molecule has 0 spiro atoms. The molecule has 0 aliphatic carbocycles. The predicted octanol–water partition coefficient (Wildman–Crippen LogP) is 6.92. The molecule has 1 amide bonds. The lowest BCUT2D eigenvalue weighted by molar-refractivity contribution is -0.137. The molecule has 0 saturated carbocycles. The van der Waals surface area contributed by atoms with Crippen LogP contribution in [-0.2, 0) is 12.7 Å². The third kappa shape index (κ3) is 7.42. The van der Waals surface area contributed by atoms with E-state index in [-0.39, 0.29) is 23.7 Å². The van der Waals surface area contributed by atoms with Crippen LogP contribution in [0.3, 0.4) is 0 Å². The van der Waals surface area contributed by atoms with Gasteiger partial charge in [0.15, 0.2) is 0 Å². The molecular formula is C32H37F4N3O. The van der Waals surface area contributed by atoms with Crippen LogP contribution < -0.4 is 4.90 Å². The van der Waals surface area contributed by atoms with Gasteiger partial charge in [-0.05, 0) is 65.4 Å². The summed E-state index contributed by atoms with van der Waals surface area (Å²) in [6.07, 6.45) is -4.43. The molecule has 3 aromatic carbocycles. The Morgan fingerprint density at radius 1 is 0.975 bits per heavy atom. The van der Waals surface area contributed by atoms with E-state index in [1.165, 1.54) is 36.4 Å². The minimum absolute atomic E-state index is 0.0762. The Balaban J connectivity index is 1.62. The second-order valence-corrected chi connectivity index (χ2v) is 11.4. The average molecular weight is 556 g/mol. The lowest BCUT2D eigenvalue weighted by Crippen LogP contribution is -2.39. The highest BCUT2D eigenvalue weighted by Gasteiger charge is 2.38. The van der Waals surface area contributed by atoms with Gasteiger partial charge in [0.2, 0.25) is 0 Å². The van der Waals surface area contributed by atoms with E-state index < -0.39 is 17.6 Å². The quantitative estimate of drug-likeness (QED) is 0.268. The lowest BCUT2D eigenvalue weighted by atomic mass is 9.87. The van der Waals surface area contributed by atoms with Crippen LogP contribution in [0.2, 0.25) is 0 Å². The molecule has 0 unspecified atom stereocenters. The molecule has 0 N–H and O–H groups in total. The van der Waals surface area contributed by atoms with Gasteiger partial charge in [0.05, 0.1) is 5.56 Å². The highest BCUT2D eigenvalue weighted by Crippen LogP contribution is 2.37. The second kappa shape index (κ2) is 12.4. The molecule has 3 aromatic rings. The Morgan fingerprint density at radius 3 is 2.25 bits per heavy atom. The molecule has 8 heteroatoms. The van der Waals surface area contributed by atoms with Crippen molar-refractivity contribution in [2.24, 2.45) is 11.8 Å². The first-order chi connectivity index (χ1) is 18.9. The van der Waals surface area contributed by atoms with E-state index in [1.807, 2.05) is 32.8 Å². The topological polar surface area (TPSA) is 26.8 Å². The molecule has 40 heavy (non-hydrogen) atoms. The Hall–Kier alpha value is -3.39. The van der Waals surface area contributed by atoms with Crippen LogP contribution in [0.4, 0.5) is 23.2 Å². The van der Waals surface area contributed by atoms with Gasteiger partial charge in [-0.3, -0.25) is 9.69 Å². The van der Waals surface area contributed by atoms with Crippen molar-refractivity contribution < 1.29 is 22.4 Å². The highest BCUT2D eigenvalue weighted by molar-refractivity contribution is 5.94. The normalized spacial score (nSPS) is 17.8. The van der Waals surface area contributed by atoms with E-state index in [9.17, 15) is 22.4 Å². The van der Waals surface area contributed by atoms with Crippen LogP contribution in [0.15, 0.2) is 72.8 Å². The fraction of sp³-hybridized carbons (Fsp3) is 0.406. The van der Waals surface area contributed by atoms with Crippen LogP contribution in [0.1, 0.15) is 46.8 Å². The molecule has 0 aromatic heterocycles. The highest BCUT2D eigenvalue weighted by atomic mass is 19.4. The molecule has 1 saturated heterocycles. The predicted molar refractivity (Wildman–Crippen MR) is 151 cm³/mol. The van der Waals surface area contributed by atoms with Crippen molar-refractivity contribution in [3.8, 4) is 0 Å². The fourth-order valence-corrected chi connectivity index (χ4v) is 5.49. The molecule has 2 atom stereocenters. The summed E-state index contributed by atoms with van der Waals surface area (Å²) < 4.78 is 54.3. The summed E-state index contributed by atoms with van der Waals surface area (Å²) in [5.41, 5.74) is 2.57. The van der Waals surface area contributed by atoms with Crippen molar-refractivity contribution in [2.45, 2.75) is 32.5 Å². The Kier molecular flexibility index (Phi) is 9.19. The van der Waals surface area contributed by atoms with Crippen molar-refractivity contribution in [3.05, 3.63) is 101 Å². The molecule has 1 heterocycles. The molecular weight excluding hydrogens is 518 g/mol. The van der Waals surface area contributed by atoms with Crippen molar-refractivity contribution in [3.63, 3.8) is 0 Å². The van der Waals surface area contributed by atoms with Gasteiger partial charge in [-0.25, -0.2) is 4.39 Å². The van der Waals surface area contributed by atoms with Crippen molar-refractivity contribution >= 4 is 11.6 Å². The van der Waals surface area contributed by atoms with Gasteiger partial charge in [-0.2, -0.15) is 13.2 Å². The van der Waals surface area contributed by atoms with Crippen LogP contribution in [0.25, 0.3) is 0 Å². The standard InChI is InChI=1S/C32H37F4N3O/c1-22(2)17-39(31(40)24-10-12-28(33)13-11-24)20-26-19-38(18-23-8-14-29(15-9-23)37(3)4)21-30(26)25-6-5-7-27(16-25)32(34,35)36/h5-16,22,26,30H,17-21H2,1-4H3/t26-,30-/m0/s1. The SMILES string of the molecule is CC(C)CN(C[C@@H]1CN(Cc2ccc(N(C)C)cc2)C[C@H]1c1cccc(C(F)(F)F)c1)C(=O)c1ccc(F)cc1. The summed E-state index contributed by atoms with van der Waals surface area (Å²) in [6.45, 7) is 6.82. The van der Waals surface area contributed by atoms with Gasteiger partial charge in [0.25, 0.3) is 5.91 Å². The van der Waals surface area contributed by atoms with Crippen LogP contribution >= 0.6 is 0 Å². The molecule has 4 rings (SSSR count). The van der Waals surface area contributed by atoms with Gasteiger partial charge < -0.3 is 9.80 Å². The maximum Gasteiger partial charge on any atom is 0.416 e. The number of hydrogen-bond acceptors (Lipinski definition) is 3. The zero-order valence-corrected chi connectivity index (χ0v) is 23.5. The Morgan fingerprint density at radius 2 is 1.65 bits per heavy atom. The number of benzene rings is 3. The largest absolute Gasteiger partial charge is 0.416 e. The summed E-state index contributed by atoms with van der Waals surface area (Å²) in [7, 11) is 3.96. The summed E-state index contributed by atoms with van der Waals surface area (Å²) in [4.78, 5) is 19.6. The van der Waals surface area contributed by atoms with Crippen LogP contribution in [0.5, 0.6) is 0 Å². The van der Waals surface area contributed by atoms with Crippen LogP contribution in [-0.4, -0.2) is 56.0 Å². The average Bonchev–Trinajstić information content (AvgIpc) is 3.30. The Bertz CT molecular complexity index is 1270. The van der Waals surface area contributed by atoms with E-state index in [0.717, 1.165) is 17.3 Å². The smallest absolute Gasteiger partial charge is 0.378 e. The monoisotopic (exact) mass is 555 g/mol. The number of carbonyl (C=O) groups excluding carboxylic acids is 1. The minimum atomic E-state index is -4.43. The van der Waals surface area contributed by atoms with E-state index in [0.29, 0.717) is 43.9 Å². The minimum Gasteiger partial charge on any atom is -0.378 e. The van der Waals surface area contributed by atoms with Crippen molar-refractivity contribution in [1.29, 1.82) is 0 Å². The first-order valence-electron chi connectivity index (χ1n) is 13.6. The van der Waals surface area contributed by atoms with Gasteiger partial charge >= 0.3 is 6.18 Å². The molecule has 1 aliphatic rings. The number of amides is 1. The number of rotatable bonds is 9. The molecule has 1 fully saturated rings. The lowest BCUT2D eigenvalue weighted by Gasteiger charge is -2.30. The first-order valence-corrected chi connectivity index (χ1v) is 13.6. The number of alkyl halides is 3. The van der Waals surface area contributed by atoms with Crippen LogP contribution in [0, 0.1) is 17.7 Å². The van der Waals surface area contributed by atoms with E-state index in [4.69, 9.17) is 0 Å². The second-order valence-electron chi connectivity index (χ2n) is 11.4. The number of likely N-dealkylation sites (tertiary alicyclic amines) is 1. The maximum absolute atomic E-state index is 13.6. The van der Waals surface area contributed by atoms with Gasteiger partial charge in [0.1, 0.15) is 5.82 Å². The molecule has 0 radical (unpaired) electrons. The van der Waals surface area contributed by atoms with Gasteiger partial charge in [-0.15, -0.1) is 0 Å². The molecule has 214 valence electrons. The number of nitrogens with zero attached hydrogens (tertiary/aromatic N) is 3. The molecule has 0 bridgehead atoms. The third-order valence-electron chi connectivity index (χ3n) is 7.44. The van der Waals surface area contributed by atoms with E-state index >= 15 is 0 Å². The molecule has 1 aliphatic heterocycles. The van der Waals surface area contributed by atoms with Crippen molar-refractivity contribution in [2.75, 3.05) is 45.2 Å². The van der Waals surface area contributed by atoms with Gasteiger partial charge in [0, 0.05) is 64.0 Å². The number of hydrogen-bond donors (Lipinski definition) is 0. The summed E-state index contributed by atoms with van der Waals surface area (Å²) in [6, 6.07) is 19.3. The van der Waals surface area contributed by atoms with Gasteiger partial charge in [-0.1, -0.05) is 44.2 Å². The zero-order valence-electron chi connectivity index (χ0n) is 23.5. The molecule has 4 nitrogen and oxygen atoms in total. The summed E-state index contributed by atoms with van der Waals surface area (Å²) in [5, 5.41) is 0. The Labute approximate surface area is 234 Å². The van der Waals surface area contributed by atoms with Crippen molar-refractivity contribution in [1.82, 2.24) is 9.80 Å². The fourth-order valence-electron chi connectivity index (χ4n) is 5.49. The number of carbonyl (C=O) groups is 1. The number of anilines is 1. The maximum atomic E-state index is 13.6. The number of halogens is 4. The summed E-state index contributed by atoms with van der Waals surface area (Å²) >= 11 is 0.